The van der Waals surface area contributed by atoms with Crippen LogP contribution in [-0.2, 0) is 32.6 Å². The predicted molar refractivity (Wildman–Crippen MR) is 177 cm³/mol. The smallest absolute Gasteiger partial charge is 0.264 e. The molecule has 4 aromatic carbocycles. The van der Waals surface area contributed by atoms with E-state index in [4.69, 9.17) is 23.2 Å². The third-order valence-electron chi connectivity index (χ3n) is 7.26. The summed E-state index contributed by atoms with van der Waals surface area (Å²) in [6.45, 7) is 5.11. The summed E-state index contributed by atoms with van der Waals surface area (Å²) in [5, 5.41) is 3.50. The fraction of sp³-hybridized carbons (Fsp3) is 0.235. The number of rotatable bonds is 12. The molecule has 4 aromatic rings. The van der Waals surface area contributed by atoms with E-state index in [1.165, 1.54) is 17.0 Å². The zero-order valence-electron chi connectivity index (χ0n) is 24.8. The Morgan fingerprint density at radius 1 is 0.841 bits per heavy atom. The fourth-order valence-electron chi connectivity index (χ4n) is 4.92. The van der Waals surface area contributed by atoms with E-state index in [9.17, 15) is 18.0 Å². The molecule has 0 saturated heterocycles. The highest BCUT2D eigenvalue weighted by atomic mass is 35.5. The van der Waals surface area contributed by atoms with Crippen LogP contribution in [0, 0.1) is 13.8 Å². The second-order valence-electron chi connectivity index (χ2n) is 10.4. The SMILES string of the molecule is CCNC(=O)[C@H](Cc1ccccc1)N(Cc1c(Cl)cccc1Cl)C(=O)CN(c1cc(C)ccc1C)S(=O)(=O)c1ccccc1. The summed E-state index contributed by atoms with van der Waals surface area (Å²) in [6.07, 6.45) is 0.190. The lowest BCUT2D eigenvalue weighted by Crippen LogP contribution is -2.53. The van der Waals surface area contributed by atoms with Gasteiger partial charge in [-0.05, 0) is 67.8 Å². The van der Waals surface area contributed by atoms with E-state index in [0.29, 0.717) is 33.4 Å². The second-order valence-corrected chi connectivity index (χ2v) is 13.1. The molecule has 0 unspecified atom stereocenters. The first kappa shape index (κ1) is 33.1. The molecule has 0 saturated carbocycles. The molecule has 0 aliphatic heterocycles. The number of halogens is 2. The average molecular weight is 653 g/mol. The summed E-state index contributed by atoms with van der Waals surface area (Å²) >= 11 is 13.1. The summed E-state index contributed by atoms with van der Waals surface area (Å²) in [5.41, 5.74) is 3.16. The summed E-state index contributed by atoms with van der Waals surface area (Å²) in [4.78, 5) is 29.6. The Morgan fingerprint density at radius 2 is 1.45 bits per heavy atom. The van der Waals surface area contributed by atoms with E-state index in [1.807, 2.05) is 49.4 Å². The van der Waals surface area contributed by atoms with Gasteiger partial charge in [0.15, 0.2) is 0 Å². The molecule has 0 spiro atoms. The van der Waals surface area contributed by atoms with Gasteiger partial charge in [0.05, 0.1) is 10.6 Å². The maximum atomic E-state index is 14.5. The van der Waals surface area contributed by atoms with Crippen LogP contribution < -0.4 is 9.62 Å². The van der Waals surface area contributed by atoms with Crippen LogP contribution in [0.2, 0.25) is 10.0 Å². The Labute approximate surface area is 269 Å². The number of carbonyl (C=O) groups excluding carboxylic acids is 2. The van der Waals surface area contributed by atoms with E-state index >= 15 is 0 Å². The number of nitrogens with one attached hydrogen (secondary N) is 1. The standard InChI is InChI=1S/C34H35Cl2N3O4S/c1-4-37-34(41)32(21-26-12-7-5-8-13-26)38(22-28-29(35)16-11-17-30(28)36)33(40)23-39(31-20-24(2)18-19-25(31)3)44(42,43)27-14-9-6-10-15-27/h5-20,32H,4,21-23H2,1-3H3,(H,37,41)/t32-/m0/s1. The number of hydrogen-bond donors (Lipinski definition) is 1. The molecule has 0 bridgehead atoms. The van der Waals surface area contributed by atoms with Crippen molar-refractivity contribution in [2.24, 2.45) is 0 Å². The normalized spacial score (nSPS) is 11.9. The molecule has 1 N–H and O–H groups in total. The highest BCUT2D eigenvalue weighted by Gasteiger charge is 2.35. The molecule has 0 aliphatic rings. The Hall–Kier alpha value is -3.85. The van der Waals surface area contributed by atoms with Crippen molar-refractivity contribution in [1.29, 1.82) is 0 Å². The van der Waals surface area contributed by atoms with Gasteiger partial charge >= 0.3 is 0 Å². The van der Waals surface area contributed by atoms with Crippen molar-refractivity contribution in [1.82, 2.24) is 10.2 Å². The fourth-order valence-corrected chi connectivity index (χ4v) is 6.93. The lowest BCUT2D eigenvalue weighted by molar-refractivity contribution is -0.140. The zero-order chi connectivity index (χ0) is 31.9. The van der Waals surface area contributed by atoms with Crippen LogP contribution in [0.15, 0.2) is 102 Å². The molecule has 0 aliphatic carbocycles. The van der Waals surface area contributed by atoms with Gasteiger partial charge in [0, 0.05) is 35.1 Å². The number of amides is 2. The molecule has 0 radical (unpaired) electrons. The second kappa shape index (κ2) is 14.8. The van der Waals surface area contributed by atoms with Crippen LogP contribution in [0.4, 0.5) is 5.69 Å². The van der Waals surface area contributed by atoms with Crippen molar-refractivity contribution in [3.63, 3.8) is 0 Å². The first-order chi connectivity index (χ1) is 21.0. The van der Waals surface area contributed by atoms with Crippen LogP contribution in [0.25, 0.3) is 0 Å². The van der Waals surface area contributed by atoms with Crippen molar-refractivity contribution in [3.8, 4) is 0 Å². The number of benzene rings is 4. The molecule has 0 fully saturated rings. The molecular weight excluding hydrogens is 617 g/mol. The van der Waals surface area contributed by atoms with Crippen molar-refractivity contribution < 1.29 is 18.0 Å². The van der Waals surface area contributed by atoms with Crippen LogP contribution >= 0.6 is 23.2 Å². The molecule has 0 heterocycles. The van der Waals surface area contributed by atoms with Gasteiger partial charge in [-0.25, -0.2) is 8.42 Å². The van der Waals surface area contributed by atoms with Crippen molar-refractivity contribution in [2.75, 3.05) is 17.4 Å². The Balaban J connectivity index is 1.85. The number of aryl methyl sites for hydroxylation is 2. The molecule has 44 heavy (non-hydrogen) atoms. The van der Waals surface area contributed by atoms with E-state index < -0.39 is 28.5 Å². The Kier molecular flexibility index (Phi) is 11.1. The number of anilines is 1. The van der Waals surface area contributed by atoms with Crippen molar-refractivity contribution >= 4 is 50.7 Å². The predicted octanol–water partition coefficient (Wildman–Crippen LogP) is 6.58. The van der Waals surface area contributed by atoms with Gasteiger partial charge in [0.2, 0.25) is 11.8 Å². The topological polar surface area (TPSA) is 86.8 Å². The van der Waals surface area contributed by atoms with Crippen LogP contribution in [0.5, 0.6) is 0 Å². The number of nitrogens with zero attached hydrogens (tertiary/aromatic N) is 2. The van der Waals surface area contributed by atoms with Crippen LogP contribution in [-0.4, -0.2) is 44.3 Å². The molecule has 7 nitrogen and oxygen atoms in total. The molecule has 2 amide bonds. The highest BCUT2D eigenvalue weighted by Crippen LogP contribution is 2.30. The molecular formula is C34H35Cl2N3O4S. The Bertz CT molecular complexity index is 1700. The quantitative estimate of drug-likeness (QED) is 0.187. The summed E-state index contributed by atoms with van der Waals surface area (Å²) in [5.74, 6) is -0.967. The van der Waals surface area contributed by atoms with Gasteiger partial charge in [0.1, 0.15) is 12.6 Å². The van der Waals surface area contributed by atoms with Gasteiger partial charge in [-0.2, -0.15) is 0 Å². The van der Waals surface area contributed by atoms with E-state index in [-0.39, 0.29) is 23.8 Å². The van der Waals surface area contributed by atoms with Crippen molar-refractivity contribution in [2.45, 2.75) is 44.7 Å². The molecule has 1 atom stereocenters. The summed E-state index contributed by atoms with van der Waals surface area (Å²) in [7, 11) is -4.19. The lowest BCUT2D eigenvalue weighted by Gasteiger charge is -2.34. The monoisotopic (exact) mass is 651 g/mol. The number of carbonyl (C=O) groups is 2. The lowest BCUT2D eigenvalue weighted by atomic mass is 10.0. The summed E-state index contributed by atoms with van der Waals surface area (Å²) in [6, 6.07) is 26.8. The van der Waals surface area contributed by atoms with E-state index in [1.54, 1.807) is 56.3 Å². The Morgan fingerprint density at radius 3 is 2.07 bits per heavy atom. The number of sulfonamides is 1. The van der Waals surface area contributed by atoms with Crippen LogP contribution in [0.1, 0.15) is 29.2 Å². The van der Waals surface area contributed by atoms with Gasteiger partial charge in [-0.3, -0.25) is 13.9 Å². The minimum absolute atomic E-state index is 0.0407. The third-order valence-corrected chi connectivity index (χ3v) is 9.74. The average Bonchev–Trinajstić information content (AvgIpc) is 3.01. The molecule has 0 aromatic heterocycles. The molecule has 10 heteroatoms. The van der Waals surface area contributed by atoms with Crippen molar-refractivity contribution in [3.05, 3.63) is 129 Å². The first-order valence-electron chi connectivity index (χ1n) is 14.2. The van der Waals surface area contributed by atoms with Gasteiger partial charge in [-0.1, -0.05) is 89.9 Å². The third kappa shape index (κ3) is 7.80. The molecule has 4 rings (SSSR count). The van der Waals surface area contributed by atoms with Gasteiger partial charge in [-0.15, -0.1) is 0 Å². The van der Waals surface area contributed by atoms with Gasteiger partial charge < -0.3 is 10.2 Å². The van der Waals surface area contributed by atoms with Gasteiger partial charge in [0.25, 0.3) is 10.0 Å². The number of likely N-dealkylation sites (N-methyl/N-ethyl adjacent to an activating group) is 1. The number of hydrogen-bond acceptors (Lipinski definition) is 4. The highest BCUT2D eigenvalue weighted by molar-refractivity contribution is 7.92. The van der Waals surface area contributed by atoms with E-state index in [2.05, 4.69) is 5.32 Å². The minimum Gasteiger partial charge on any atom is -0.355 e. The van der Waals surface area contributed by atoms with Crippen LogP contribution in [0.3, 0.4) is 0 Å². The largest absolute Gasteiger partial charge is 0.355 e. The minimum atomic E-state index is -4.19. The zero-order valence-corrected chi connectivity index (χ0v) is 27.2. The first-order valence-corrected chi connectivity index (χ1v) is 16.4. The van der Waals surface area contributed by atoms with E-state index in [0.717, 1.165) is 15.4 Å². The molecule has 230 valence electrons. The maximum Gasteiger partial charge on any atom is 0.264 e. The maximum absolute atomic E-state index is 14.5. The summed E-state index contributed by atoms with van der Waals surface area (Å²) < 4.78 is 29.4.